The van der Waals surface area contributed by atoms with Gasteiger partial charge < -0.3 is 4.74 Å². The van der Waals surface area contributed by atoms with Gasteiger partial charge >= 0.3 is 0 Å². The number of ether oxygens (including phenoxy) is 1. The van der Waals surface area contributed by atoms with Crippen molar-refractivity contribution in [3.05, 3.63) is 60.7 Å². The first-order valence-corrected chi connectivity index (χ1v) is 6.01. The molecule has 0 amide bonds. The molecule has 0 radical (unpaired) electrons. The predicted octanol–water partition coefficient (Wildman–Crippen LogP) is 3.54. The van der Waals surface area contributed by atoms with Crippen molar-refractivity contribution in [2.24, 2.45) is 5.41 Å². The topological polar surface area (TPSA) is 26.3 Å². The summed E-state index contributed by atoms with van der Waals surface area (Å²) in [7, 11) is 0. The minimum absolute atomic E-state index is 0.0777. The molecule has 2 heteroatoms. The van der Waals surface area contributed by atoms with Gasteiger partial charge in [-0.3, -0.25) is 4.79 Å². The van der Waals surface area contributed by atoms with Crippen LogP contribution in [0, 0.1) is 5.41 Å². The number of hydrogen-bond acceptors (Lipinski definition) is 2. The first kappa shape index (κ1) is 14.4. The molecule has 1 aromatic carbocycles. The van der Waals surface area contributed by atoms with Crippen molar-refractivity contribution in [1.82, 2.24) is 0 Å². The molecule has 0 aromatic heterocycles. The number of carbonyl (C=O) groups excluding carboxylic acids is 1. The molecular formula is C16H20O2. The summed E-state index contributed by atoms with van der Waals surface area (Å²) in [5.41, 5.74) is 0.993. The van der Waals surface area contributed by atoms with E-state index in [0.717, 1.165) is 5.56 Å². The second-order valence-corrected chi connectivity index (χ2v) is 4.91. The average molecular weight is 244 g/mol. The van der Waals surface area contributed by atoms with Gasteiger partial charge in [0.25, 0.3) is 0 Å². The molecule has 0 fully saturated rings. The molecule has 1 rings (SSSR count). The Kier molecular flexibility index (Phi) is 5.53. The first-order chi connectivity index (χ1) is 8.53. The lowest BCUT2D eigenvalue weighted by atomic mass is 9.94. The summed E-state index contributed by atoms with van der Waals surface area (Å²) in [6.45, 7) is 8.66. The summed E-state index contributed by atoms with van der Waals surface area (Å²) in [4.78, 5) is 11.1. The van der Waals surface area contributed by atoms with Gasteiger partial charge in [-0.1, -0.05) is 56.8 Å². The normalized spacial score (nSPS) is 11.7. The van der Waals surface area contributed by atoms with Crippen molar-refractivity contribution in [3.8, 4) is 0 Å². The SMILES string of the molecule is C=CC(=O)/C=C/C(C)(C)COCc1ccccc1. The quantitative estimate of drug-likeness (QED) is 0.686. The third kappa shape index (κ3) is 5.60. The van der Waals surface area contributed by atoms with Crippen molar-refractivity contribution in [2.45, 2.75) is 20.5 Å². The van der Waals surface area contributed by atoms with Crippen LogP contribution in [0.1, 0.15) is 19.4 Å². The van der Waals surface area contributed by atoms with Crippen LogP contribution in [0.5, 0.6) is 0 Å². The van der Waals surface area contributed by atoms with Crippen molar-refractivity contribution < 1.29 is 9.53 Å². The number of rotatable bonds is 7. The maximum absolute atomic E-state index is 11.1. The molecule has 0 saturated heterocycles. The van der Waals surface area contributed by atoms with Crippen molar-refractivity contribution in [2.75, 3.05) is 6.61 Å². The molecule has 1 aromatic rings. The third-order valence-electron chi connectivity index (χ3n) is 2.49. The van der Waals surface area contributed by atoms with E-state index >= 15 is 0 Å². The number of carbonyl (C=O) groups is 1. The van der Waals surface area contributed by atoms with Gasteiger partial charge in [0.2, 0.25) is 0 Å². The highest BCUT2D eigenvalue weighted by molar-refractivity contribution is 5.98. The molecule has 96 valence electrons. The van der Waals surface area contributed by atoms with E-state index in [1.54, 1.807) is 6.08 Å². The van der Waals surface area contributed by atoms with E-state index in [9.17, 15) is 4.79 Å². The summed E-state index contributed by atoms with van der Waals surface area (Å²) in [6, 6.07) is 10.0. The Morgan fingerprint density at radius 1 is 1.33 bits per heavy atom. The highest BCUT2D eigenvalue weighted by atomic mass is 16.5. The molecule has 0 heterocycles. The maximum atomic E-state index is 11.1. The van der Waals surface area contributed by atoms with E-state index in [-0.39, 0.29) is 11.2 Å². The van der Waals surface area contributed by atoms with E-state index in [2.05, 4.69) is 6.58 Å². The molecule has 0 N–H and O–H groups in total. The summed E-state index contributed by atoms with van der Waals surface area (Å²) < 4.78 is 5.66. The molecule has 0 saturated carbocycles. The van der Waals surface area contributed by atoms with E-state index in [1.807, 2.05) is 50.3 Å². The molecule has 0 unspecified atom stereocenters. The van der Waals surface area contributed by atoms with E-state index in [4.69, 9.17) is 4.74 Å². The maximum Gasteiger partial charge on any atom is 0.177 e. The van der Waals surface area contributed by atoms with Gasteiger partial charge in [0.05, 0.1) is 13.2 Å². The van der Waals surface area contributed by atoms with Gasteiger partial charge in [-0.05, 0) is 17.7 Å². The van der Waals surface area contributed by atoms with Gasteiger partial charge in [-0.2, -0.15) is 0 Å². The predicted molar refractivity (Wildman–Crippen MR) is 74.2 cm³/mol. The zero-order valence-electron chi connectivity index (χ0n) is 11.1. The fraction of sp³-hybridized carbons (Fsp3) is 0.312. The number of allylic oxidation sites excluding steroid dienone is 2. The average Bonchev–Trinajstić information content (AvgIpc) is 2.37. The highest BCUT2D eigenvalue weighted by Gasteiger charge is 2.14. The van der Waals surface area contributed by atoms with Gasteiger partial charge in [0.15, 0.2) is 5.78 Å². The Balaban J connectivity index is 2.40. The van der Waals surface area contributed by atoms with Crippen LogP contribution in [0.2, 0.25) is 0 Å². The summed E-state index contributed by atoms with van der Waals surface area (Å²) in [6.07, 6.45) is 4.71. The zero-order chi connectivity index (χ0) is 13.4. The van der Waals surface area contributed by atoms with Crippen molar-refractivity contribution in [3.63, 3.8) is 0 Å². The molecule has 0 aliphatic rings. The van der Waals surface area contributed by atoms with Crippen LogP contribution in [-0.4, -0.2) is 12.4 Å². The van der Waals surface area contributed by atoms with Gasteiger partial charge in [-0.25, -0.2) is 0 Å². The van der Waals surface area contributed by atoms with Crippen LogP contribution in [0.25, 0.3) is 0 Å². The lowest BCUT2D eigenvalue weighted by Gasteiger charge is -2.20. The monoisotopic (exact) mass is 244 g/mol. The van der Waals surface area contributed by atoms with Crippen LogP contribution in [-0.2, 0) is 16.1 Å². The van der Waals surface area contributed by atoms with Crippen molar-refractivity contribution in [1.29, 1.82) is 0 Å². The van der Waals surface area contributed by atoms with Gasteiger partial charge in [0, 0.05) is 5.41 Å². The third-order valence-corrected chi connectivity index (χ3v) is 2.49. The second kappa shape index (κ2) is 6.92. The lowest BCUT2D eigenvalue weighted by molar-refractivity contribution is -0.110. The van der Waals surface area contributed by atoms with Crippen LogP contribution >= 0.6 is 0 Å². The molecule has 0 bridgehead atoms. The number of ketones is 1. The van der Waals surface area contributed by atoms with E-state index in [0.29, 0.717) is 13.2 Å². The minimum atomic E-state index is -0.159. The van der Waals surface area contributed by atoms with Crippen LogP contribution in [0.15, 0.2) is 55.1 Å². The fourth-order valence-corrected chi connectivity index (χ4v) is 1.43. The first-order valence-electron chi connectivity index (χ1n) is 6.01. The minimum Gasteiger partial charge on any atom is -0.376 e. The summed E-state index contributed by atoms with van der Waals surface area (Å²) in [5.74, 6) is -0.0777. The molecule has 0 atom stereocenters. The molecule has 0 aliphatic carbocycles. The van der Waals surface area contributed by atoms with E-state index < -0.39 is 0 Å². The van der Waals surface area contributed by atoms with Crippen molar-refractivity contribution >= 4 is 5.78 Å². The molecule has 0 spiro atoms. The van der Waals surface area contributed by atoms with Gasteiger partial charge in [0.1, 0.15) is 0 Å². The summed E-state index contributed by atoms with van der Waals surface area (Å²) >= 11 is 0. The Bertz CT molecular complexity index is 416. The molecular weight excluding hydrogens is 224 g/mol. The lowest BCUT2D eigenvalue weighted by Crippen LogP contribution is -2.16. The Labute approximate surface area is 109 Å². The van der Waals surface area contributed by atoms with E-state index in [1.165, 1.54) is 6.08 Å². The van der Waals surface area contributed by atoms with Crippen LogP contribution in [0.4, 0.5) is 0 Å². The number of hydrogen-bond donors (Lipinski definition) is 0. The second-order valence-electron chi connectivity index (χ2n) is 4.91. The molecule has 18 heavy (non-hydrogen) atoms. The van der Waals surface area contributed by atoms with Crippen LogP contribution in [0.3, 0.4) is 0 Å². The molecule has 0 aliphatic heterocycles. The Morgan fingerprint density at radius 3 is 2.61 bits per heavy atom. The number of benzene rings is 1. The van der Waals surface area contributed by atoms with Gasteiger partial charge in [-0.15, -0.1) is 0 Å². The fourth-order valence-electron chi connectivity index (χ4n) is 1.43. The molecule has 2 nitrogen and oxygen atoms in total. The Morgan fingerprint density at radius 2 is 2.00 bits per heavy atom. The Hall–Kier alpha value is -1.67. The smallest absolute Gasteiger partial charge is 0.177 e. The highest BCUT2D eigenvalue weighted by Crippen LogP contribution is 2.18. The zero-order valence-corrected chi connectivity index (χ0v) is 11.1. The standard InChI is InChI=1S/C16H20O2/c1-4-15(17)10-11-16(2,3)13-18-12-14-8-6-5-7-9-14/h4-11H,1,12-13H2,2-3H3/b11-10+. The van der Waals surface area contributed by atoms with Crippen LogP contribution < -0.4 is 0 Å². The summed E-state index contributed by atoms with van der Waals surface area (Å²) in [5, 5.41) is 0. The largest absolute Gasteiger partial charge is 0.376 e.